The molecule has 3 rings (SSSR count). The second-order valence-corrected chi connectivity index (χ2v) is 8.45. The minimum absolute atomic E-state index is 0.0306. The molecule has 1 saturated heterocycles. The predicted molar refractivity (Wildman–Crippen MR) is 117 cm³/mol. The summed E-state index contributed by atoms with van der Waals surface area (Å²) in [6, 6.07) is 6.50. The van der Waals surface area contributed by atoms with Gasteiger partial charge in [0.2, 0.25) is 0 Å². The predicted octanol–water partition coefficient (Wildman–Crippen LogP) is 3.58. The maximum absolute atomic E-state index is 12.5. The first-order chi connectivity index (χ1) is 15.5. The molecule has 1 fully saturated rings. The Hall–Kier alpha value is -3.86. The number of carbonyl (C=O) groups excluding carboxylic acids is 3. The number of imide groups is 1. The first kappa shape index (κ1) is 23.8. The number of thioether (sulfide) groups is 1. The number of benzene rings is 1. The smallest absolute Gasteiger partial charge is 0.335 e. The third kappa shape index (κ3) is 5.69. The number of aromatic carboxylic acids is 2. The zero-order chi connectivity index (χ0) is 24.3. The molecule has 11 heteroatoms. The first-order valence-corrected chi connectivity index (χ1v) is 10.5. The van der Waals surface area contributed by atoms with Crippen molar-refractivity contribution < 1.29 is 43.3 Å². The summed E-state index contributed by atoms with van der Waals surface area (Å²) >= 11 is 0.636. The molecule has 10 nitrogen and oxygen atoms in total. The van der Waals surface area contributed by atoms with Crippen LogP contribution in [0.15, 0.2) is 39.7 Å². The highest BCUT2D eigenvalue weighted by Crippen LogP contribution is 2.33. The number of carboxylic acid groups (broad SMARTS) is 2. The molecule has 0 spiro atoms. The van der Waals surface area contributed by atoms with Gasteiger partial charge in [-0.05, 0) is 48.0 Å². The molecule has 2 N–H and O–H groups in total. The van der Waals surface area contributed by atoms with Gasteiger partial charge in [0.15, 0.2) is 0 Å². The zero-order valence-corrected chi connectivity index (χ0v) is 18.4. The molecule has 2 aromatic rings. The summed E-state index contributed by atoms with van der Waals surface area (Å²) in [6.07, 6.45) is 1.31. The number of hydrogen-bond acceptors (Lipinski definition) is 8. The third-order valence-electron chi connectivity index (χ3n) is 4.35. The Labute approximate surface area is 191 Å². The number of ether oxygens (including phenoxy) is 1. The molecule has 2 heterocycles. The summed E-state index contributed by atoms with van der Waals surface area (Å²) in [4.78, 5) is 60.0. The highest BCUT2D eigenvalue weighted by molar-refractivity contribution is 8.18. The molecule has 1 aromatic heterocycles. The van der Waals surface area contributed by atoms with Gasteiger partial charge >= 0.3 is 17.9 Å². The summed E-state index contributed by atoms with van der Waals surface area (Å²) in [5, 5.41) is 17.8. The highest BCUT2D eigenvalue weighted by Gasteiger charge is 2.37. The van der Waals surface area contributed by atoms with Crippen molar-refractivity contribution in [2.24, 2.45) is 5.92 Å². The molecule has 1 aliphatic rings. The Morgan fingerprint density at radius 3 is 2.30 bits per heavy atom. The van der Waals surface area contributed by atoms with Crippen molar-refractivity contribution in [2.45, 2.75) is 13.8 Å². The van der Waals surface area contributed by atoms with Crippen molar-refractivity contribution in [2.75, 3.05) is 13.2 Å². The van der Waals surface area contributed by atoms with Gasteiger partial charge in [-0.2, -0.15) is 0 Å². The Morgan fingerprint density at radius 2 is 1.73 bits per heavy atom. The van der Waals surface area contributed by atoms with Gasteiger partial charge in [-0.25, -0.2) is 9.59 Å². The van der Waals surface area contributed by atoms with Gasteiger partial charge in [0.1, 0.15) is 18.1 Å². The van der Waals surface area contributed by atoms with E-state index in [2.05, 4.69) is 0 Å². The fourth-order valence-corrected chi connectivity index (χ4v) is 3.62. The summed E-state index contributed by atoms with van der Waals surface area (Å²) in [5.74, 6) is -3.51. The average Bonchev–Trinajstić information content (AvgIpc) is 3.32. The normalized spacial score (nSPS) is 14.9. The Kier molecular flexibility index (Phi) is 7.02. The van der Waals surface area contributed by atoms with Gasteiger partial charge < -0.3 is 19.4 Å². The van der Waals surface area contributed by atoms with Gasteiger partial charge in [0.25, 0.3) is 11.1 Å². The third-order valence-corrected chi connectivity index (χ3v) is 5.26. The number of rotatable bonds is 8. The molecular weight excluding hydrogens is 454 g/mol. The standard InChI is InChI=1S/C22H19NO9S/c1-11(2)10-31-18(24)9-23-19(25)17(33-22(23)30)8-15-3-4-16(32-15)12-5-13(20(26)27)7-14(6-12)21(28)29/h3-8,11H,9-10H2,1-2H3,(H,26,27)(H,28,29)/b17-8+. The van der Waals surface area contributed by atoms with Gasteiger partial charge in [-0.1, -0.05) is 13.8 Å². The molecule has 33 heavy (non-hydrogen) atoms. The van der Waals surface area contributed by atoms with E-state index in [9.17, 15) is 34.2 Å². The minimum atomic E-state index is -1.30. The number of amides is 2. The number of hydrogen-bond donors (Lipinski definition) is 2. The maximum atomic E-state index is 12.5. The SMILES string of the molecule is CC(C)COC(=O)CN1C(=O)S/C(=C/c2ccc(-c3cc(C(=O)O)cc(C(=O)O)c3)o2)C1=O. The molecule has 1 aliphatic heterocycles. The molecular formula is C22H19NO9S. The molecule has 0 aliphatic carbocycles. The van der Waals surface area contributed by atoms with Crippen LogP contribution in [0.25, 0.3) is 17.4 Å². The van der Waals surface area contributed by atoms with Crippen molar-refractivity contribution >= 4 is 46.9 Å². The molecule has 172 valence electrons. The molecule has 2 amide bonds. The average molecular weight is 473 g/mol. The maximum Gasteiger partial charge on any atom is 0.335 e. The van der Waals surface area contributed by atoms with E-state index in [1.54, 1.807) is 0 Å². The molecule has 0 atom stereocenters. The van der Waals surface area contributed by atoms with E-state index in [-0.39, 0.29) is 45.6 Å². The van der Waals surface area contributed by atoms with Crippen LogP contribution in [0, 0.1) is 5.92 Å². The van der Waals surface area contributed by atoms with Crippen LogP contribution in [-0.4, -0.2) is 57.3 Å². The number of nitrogens with zero attached hydrogens (tertiary/aromatic N) is 1. The monoisotopic (exact) mass is 473 g/mol. The van der Waals surface area contributed by atoms with Gasteiger partial charge in [-0.15, -0.1) is 0 Å². The van der Waals surface area contributed by atoms with Crippen LogP contribution in [-0.2, 0) is 14.3 Å². The van der Waals surface area contributed by atoms with Gasteiger partial charge in [-0.3, -0.25) is 19.3 Å². The first-order valence-electron chi connectivity index (χ1n) is 9.68. The second-order valence-electron chi connectivity index (χ2n) is 7.46. The van der Waals surface area contributed by atoms with E-state index in [0.717, 1.165) is 11.0 Å². The second kappa shape index (κ2) is 9.74. The quantitative estimate of drug-likeness (QED) is 0.430. The van der Waals surface area contributed by atoms with Crippen LogP contribution in [0.2, 0.25) is 0 Å². The van der Waals surface area contributed by atoms with Crippen molar-refractivity contribution in [1.82, 2.24) is 4.90 Å². The Balaban J connectivity index is 1.80. The fraction of sp³-hybridized carbons (Fsp3) is 0.227. The highest BCUT2D eigenvalue weighted by atomic mass is 32.2. The number of carbonyl (C=O) groups is 5. The van der Waals surface area contributed by atoms with Crippen molar-refractivity contribution in [3.8, 4) is 11.3 Å². The van der Waals surface area contributed by atoms with Crippen LogP contribution < -0.4 is 0 Å². The molecule has 0 saturated carbocycles. The van der Waals surface area contributed by atoms with Gasteiger partial charge in [0, 0.05) is 11.6 Å². The number of furan rings is 1. The topological polar surface area (TPSA) is 151 Å². The molecule has 0 bridgehead atoms. The summed E-state index contributed by atoms with van der Waals surface area (Å²) in [6.45, 7) is 3.38. The summed E-state index contributed by atoms with van der Waals surface area (Å²) in [7, 11) is 0. The van der Waals surface area contributed by atoms with Crippen LogP contribution >= 0.6 is 11.8 Å². The van der Waals surface area contributed by atoms with E-state index in [1.165, 1.54) is 30.3 Å². The van der Waals surface area contributed by atoms with E-state index < -0.39 is 35.6 Å². The van der Waals surface area contributed by atoms with Crippen LogP contribution in [0.4, 0.5) is 4.79 Å². The van der Waals surface area contributed by atoms with Crippen molar-refractivity contribution in [1.29, 1.82) is 0 Å². The van der Waals surface area contributed by atoms with Crippen molar-refractivity contribution in [3.63, 3.8) is 0 Å². The van der Waals surface area contributed by atoms with E-state index in [0.29, 0.717) is 11.8 Å². The summed E-state index contributed by atoms with van der Waals surface area (Å²) < 4.78 is 10.6. The minimum Gasteiger partial charge on any atom is -0.478 e. The molecule has 0 radical (unpaired) electrons. The van der Waals surface area contributed by atoms with Gasteiger partial charge in [0.05, 0.1) is 22.6 Å². The largest absolute Gasteiger partial charge is 0.478 e. The zero-order valence-electron chi connectivity index (χ0n) is 17.6. The lowest BCUT2D eigenvalue weighted by Crippen LogP contribution is -2.34. The van der Waals surface area contributed by atoms with Crippen molar-refractivity contribution in [3.05, 3.63) is 52.1 Å². The fourth-order valence-electron chi connectivity index (χ4n) is 2.80. The molecule has 1 aromatic carbocycles. The lowest BCUT2D eigenvalue weighted by Gasteiger charge is -2.12. The lowest BCUT2D eigenvalue weighted by molar-refractivity contribution is -0.147. The van der Waals surface area contributed by atoms with Crippen LogP contribution in [0.1, 0.15) is 40.3 Å². The number of esters is 1. The van der Waals surface area contributed by atoms with Crippen LogP contribution in [0.5, 0.6) is 0 Å². The lowest BCUT2D eigenvalue weighted by atomic mass is 10.0. The van der Waals surface area contributed by atoms with E-state index in [4.69, 9.17) is 9.15 Å². The van der Waals surface area contributed by atoms with E-state index in [1.807, 2.05) is 13.8 Å². The molecule has 0 unspecified atom stereocenters. The Bertz CT molecular complexity index is 1150. The van der Waals surface area contributed by atoms with Crippen LogP contribution in [0.3, 0.4) is 0 Å². The summed E-state index contributed by atoms with van der Waals surface area (Å²) in [5.41, 5.74) is -0.241. The van der Waals surface area contributed by atoms with E-state index >= 15 is 0 Å². The Morgan fingerprint density at radius 1 is 1.09 bits per heavy atom. The number of carboxylic acids is 2.